The maximum absolute atomic E-state index is 13.6. The Morgan fingerprint density at radius 2 is 1.31 bits per heavy atom. The third kappa shape index (κ3) is 7.48. The number of carbonyl (C=O) groups is 4. The number of likely N-dealkylation sites (tertiary alicyclic amines) is 2. The Hall–Kier alpha value is -5.46. The van der Waals surface area contributed by atoms with Crippen molar-refractivity contribution in [2.24, 2.45) is 16.8 Å². The number of H-pyrrole nitrogens is 1. The van der Waals surface area contributed by atoms with E-state index in [1.165, 1.54) is 36.5 Å². The summed E-state index contributed by atoms with van der Waals surface area (Å²) in [6, 6.07) is 11.5. The number of fused-ring (bicyclic) bond motifs is 3. The van der Waals surface area contributed by atoms with Crippen molar-refractivity contribution in [3.63, 3.8) is 0 Å². The van der Waals surface area contributed by atoms with Crippen molar-refractivity contribution in [1.29, 1.82) is 0 Å². The lowest BCUT2D eigenvalue weighted by atomic mass is 9.95. The number of imidazole rings is 1. The van der Waals surface area contributed by atoms with Gasteiger partial charge < -0.3 is 34.9 Å². The summed E-state index contributed by atoms with van der Waals surface area (Å²) in [6.07, 6.45) is 7.41. The van der Waals surface area contributed by atoms with Crippen LogP contribution in [-0.2, 0) is 25.5 Å². The SMILES string of the molecule is COC(=O)NC(C(=O)N1CCC[C@H]1C1=NC=C(c2ccc3c(c2)Cc2cc(-c4cnc([C@@H]5CCCN5C(=O)[C@@H](NC(=O)OC)C(C)C)[nH]4)ccc2-3)C1)C(C)C. The zero-order valence-corrected chi connectivity index (χ0v) is 32.5. The van der Waals surface area contributed by atoms with E-state index >= 15 is 0 Å². The van der Waals surface area contributed by atoms with E-state index in [9.17, 15) is 19.2 Å². The van der Waals surface area contributed by atoms with Crippen molar-refractivity contribution in [1.82, 2.24) is 30.4 Å². The second-order valence-corrected chi connectivity index (χ2v) is 15.6. The molecule has 3 aliphatic heterocycles. The highest BCUT2D eigenvalue weighted by Gasteiger charge is 2.39. The number of allylic oxidation sites excluding steroid dienone is 1. The van der Waals surface area contributed by atoms with Crippen LogP contribution in [0.1, 0.15) is 88.4 Å². The maximum atomic E-state index is 13.6. The largest absolute Gasteiger partial charge is 0.453 e. The van der Waals surface area contributed by atoms with Gasteiger partial charge in [-0.25, -0.2) is 14.6 Å². The van der Waals surface area contributed by atoms with Crippen LogP contribution < -0.4 is 10.6 Å². The lowest BCUT2D eigenvalue weighted by Gasteiger charge is -2.31. The Morgan fingerprint density at radius 1 is 0.764 bits per heavy atom. The van der Waals surface area contributed by atoms with Gasteiger partial charge in [0.15, 0.2) is 0 Å². The average Bonchev–Trinajstić information content (AvgIpc) is 4.02. The van der Waals surface area contributed by atoms with E-state index in [2.05, 4.69) is 52.0 Å². The number of carbonyl (C=O) groups excluding carboxylic acids is 4. The monoisotopic (exact) mass is 749 g/mol. The molecule has 13 heteroatoms. The number of ether oxygens (including phenoxy) is 2. The first-order valence-corrected chi connectivity index (χ1v) is 19.3. The Bertz CT molecular complexity index is 2050. The van der Waals surface area contributed by atoms with Gasteiger partial charge in [-0.3, -0.25) is 14.6 Å². The quantitative estimate of drug-likeness (QED) is 0.173. The summed E-state index contributed by atoms with van der Waals surface area (Å²) in [7, 11) is 2.60. The zero-order valence-electron chi connectivity index (χ0n) is 32.5. The van der Waals surface area contributed by atoms with Crippen LogP contribution in [0.15, 0.2) is 53.8 Å². The molecule has 1 aliphatic carbocycles. The predicted molar refractivity (Wildman–Crippen MR) is 209 cm³/mol. The standard InChI is InChI=1S/C42H51N7O6/c1-23(2)36(46-41(52)54-5)39(50)48-15-7-9-34(48)32-20-29(21-43-32)25-11-13-30-27(17-25)19-28-18-26(12-14-31(28)30)33-22-44-38(45-33)35-10-8-16-49(35)40(51)37(24(3)4)47-42(53)55-6/h11-14,17-18,21-24,34-37H,7-10,15-16,19-20H2,1-6H3,(H,44,45)(H,46,52)(H,47,53)/t34-,35-,36?,37-/m0/s1. The second kappa shape index (κ2) is 15.7. The smallest absolute Gasteiger partial charge is 0.407 e. The Morgan fingerprint density at radius 3 is 1.89 bits per heavy atom. The van der Waals surface area contributed by atoms with Gasteiger partial charge in [0, 0.05) is 31.4 Å². The molecule has 2 saturated heterocycles. The first-order chi connectivity index (χ1) is 26.5. The number of nitrogens with one attached hydrogen (secondary N) is 3. The fourth-order valence-corrected chi connectivity index (χ4v) is 8.51. The molecule has 0 spiro atoms. The van der Waals surface area contributed by atoms with E-state index in [-0.39, 0.29) is 35.7 Å². The molecule has 4 amide bonds. The van der Waals surface area contributed by atoms with Crippen molar-refractivity contribution in [3.05, 3.63) is 71.3 Å². The van der Waals surface area contributed by atoms with E-state index in [4.69, 9.17) is 19.5 Å². The van der Waals surface area contributed by atoms with Gasteiger partial charge >= 0.3 is 12.2 Å². The van der Waals surface area contributed by atoms with Crippen LogP contribution in [0.25, 0.3) is 28.0 Å². The number of aromatic amines is 1. The van der Waals surface area contributed by atoms with Gasteiger partial charge in [-0.05, 0) is 89.0 Å². The van der Waals surface area contributed by atoms with Crippen molar-refractivity contribution in [2.75, 3.05) is 27.3 Å². The molecule has 2 fully saturated rings. The third-order valence-electron chi connectivity index (χ3n) is 11.5. The number of methoxy groups -OCH3 is 2. The molecular formula is C42H51N7O6. The molecule has 55 heavy (non-hydrogen) atoms. The molecule has 2 aromatic carbocycles. The molecule has 4 heterocycles. The van der Waals surface area contributed by atoms with Gasteiger partial charge in [-0.2, -0.15) is 0 Å². The molecule has 0 bridgehead atoms. The van der Waals surface area contributed by atoms with Gasteiger partial charge in [0.2, 0.25) is 11.8 Å². The van der Waals surface area contributed by atoms with Crippen LogP contribution in [0, 0.1) is 11.8 Å². The van der Waals surface area contributed by atoms with Gasteiger partial charge in [-0.15, -0.1) is 0 Å². The minimum absolute atomic E-state index is 0.0855. The van der Waals surface area contributed by atoms with Crippen molar-refractivity contribution < 1.29 is 28.7 Å². The molecule has 290 valence electrons. The molecular weight excluding hydrogens is 699 g/mol. The van der Waals surface area contributed by atoms with E-state index in [1.54, 1.807) is 0 Å². The highest BCUT2D eigenvalue weighted by Crippen LogP contribution is 2.41. The lowest BCUT2D eigenvalue weighted by Crippen LogP contribution is -2.53. The summed E-state index contributed by atoms with van der Waals surface area (Å²) in [6.45, 7) is 8.89. The highest BCUT2D eigenvalue weighted by molar-refractivity contribution is 6.04. The number of rotatable bonds is 10. The Labute approximate surface area is 322 Å². The molecule has 3 N–H and O–H groups in total. The summed E-state index contributed by atoms with van der Waals surface area (Å²) in [5.41, 5.74) is 10.1. The zero-order chi connectivity index (χ0) is 39.0. The number of aromatic nitrogens is 2. The van der Waals surface area contributed by atoms with Crippen LogP contribution in [-0.4, -0.2) is 94.9 Å². The van der Waals surface area contributed by atoms with Crippen LogP contribution >= 0.6 is 0 Å². The minimum atomic E-state index is -0.685. The number of nitrogens with zero attached hydrogens (tertiary/aromatic N) is 4. The van der Waals surface area contributed by atoms with Crippen molar-refractivity contribution in [3.8, 4) is 22.4 Å². The van der Waals surface area contributed by atoms with Crippen molar-refractivity contribution >= 4 is 35.3 Å². The van der Waals surface area contributed by atoms with E-state index < -0.39 is 24.3 Å². The summed E-state index contributed by atoms with van der Waals surface area (Å²) < 4.78 is 9.56. The van der Waals surface area contributed by atoms with Crippen LogP contribution in [0.4, 0.5) is 9.59 Å². The van der Waals surface area contributed by atoms with Crippen molar-refractivity contribution in [2.45, 2.75) is 90.4 Å². The fraction of sp³-hybridized carbons (Fsp3) is 0.476. The number of aliphatic imine (C=N–C) groups is 1. The minimum Gasteiger partial charge on any atom is -0.453 e. The van der Waals surface area contributed by atoms with Crippen LogP contribution in [0.2, 0.25) is 0 Å². The molecule has 4 aliphatic rings. The number of hydrogen-bond acceptors (Lipinski definition) is 8. The van der Waals surface area contributed by atoms with E-state index in [0.29, 0.717) is 19.5 Å². The van der Waals surface area contributed by atoms with Gasteiger partial charge in [0.25, 0.3) is 0 Å². The summed E-state index contributed by atoms with van der Waals surface area (Å²) in [4.78, 5) is 68.0. The molecule has 1 unspecified atom stereocenters. The summed E-state index contributed by atoms with van der Waals surface area (Å²) in [5, 5.41) is 5.44. The first-order valence-electron chi connectivity index (χ1n) is 19.3. The predicted octanol–water partition coefficient (Wildman–Crippen LogP) is 6.25. The molecule has 3 aromatic rings. The van der Waals surface area contributed by atoms with E-state index in [0.717, 1.165) is 66.0 Å². The summed E-state index contributed by atoms with van der Waals surface area (Å²) >= 11 is 0. The average molecular weight is 750 g/mol. The lowest BCUT2D eigenvalue weighted by molar-refractivity contribution is -0.135. The normalized spacial score (nSPS) is 19.9. The number of alkyl carbamates (subject to hydrolysis) is 2. The third-order valence-corrected chi connectivity index (χ3v) is 11.5. The van der Waals surface area contributed by atoms with Crippen LogP contribution in [0.5, 0.6) is 0 Å². The van der Waals surface area contributed by atoms with Gasteiger partial charge in [-0.1, -0.05) is 58.0 Å². The van der Waals surface area contributed by atoms with Gasteiger partial charge in [0.05, 0.1) is 38.2 Å². The number of amides is 4. The molecule has 1 aromatic heterocycles. The summed E-state index contributed by atoms with van der Waals surface area (Å²) in [5.74, 6) is 0.323. The molecule has 13 nitrogen and oxygen atoms in total. The highest BCUT2D eigenvalue weighted by atomic mass is 16.5. The maximum Gasteiger partial charge on any atom is 0.407 e. The fourth-order valence-electron chi connectivity index (χ4n) is 8.51. The van der Waals surface area contributed by atoms with Gasteiger partial charge in [0.1, 0.15) is 17.9 Å². The molecule has 4 atom stereocenters. The molecule has 7 rings (SSSR count). The topological polar surface area (TPSA) is 158 Å². The second-order valence-electron chi connectivity index (χ2n) is 15.6. The first kappa shape index (κ1) is 37.8. The van der Waals surface area contributed by atoms with E-state index in [1.807, 2.05) is 49.9 Å². The number of benzene rings is 2. The Kier molecular flexibility index (Phi) is 10.8. The molecule has 0 saturated carbocycles. The molecule has 0 radical (unpaired) electrons. The number of hydrogen-bond donors (Lipinski definition) is 3. The van der Waals surface area contributed by atoms with Crippen LogP contribution in [0.3, 0.4) is 0 Å². The Balaban J connectivity index is 1.01.